The van der Waals surface area contributed by atoms with E-state index in [1.165, 1.54) is 0 Å². The number of alkyl halides is 1. The van der Waals surface area contributed by atoms with Gasteiger partial charge in [-0.3, -0.25) is 0 Å². The third-order valence-electron chi connectivity index (χ3n) is 5.66. The molecule has 2 saturated heterocycles. The molecule has 3 rings (SSSR count). The Bertz CT molecular complexity index is 434. The Morgan fingerprint density at radius 3 is 2.58 bits per heavy atom. The SMILES string of the molecule is CC1(C)C2C[C@H]3O[C@@]3(C)/C(=C\Br)O[C@@]2(C)CC[C@@H]1Br. The molecule has 108 valence electrons. The first-order valence-corrected chi connectivity index (χ1v) is 8.89. The van der Waals surface area contributed by atoms with Crippen LogP contribution in [-0.4, -0.2) is 22.1 Å². The molecule has 0 N–H and O–H groups in total. The van der Waals surface area contributed by atoms with Crippen LogP contribution in [0.15, 0.2) is 10.7 Å². The van der Waals surface area contributed by atoms with Crippen molar-refractivity contribution in [1.82, 2.24) is 0 Å². The first-order valence-electron chi connectivity index (χ1n) is 7.06. The lowest BCUT2D eigenvalue weighted by molar-refractivity contribution is -0.112. The van der Waals surface area contributed by atoms with Crippen LogP contribution in [0.5, 0.6) is 0 Å². The highest BCUT2D eigenvalue weighted by molar-refractivity contribution is 9.11. The van der Waals surface area contributed by atoms with Gasteiger partial charge in [-0.1, -0.05) is 45.7 Å². The minimum atomic E-state index is -0.207. The molecule has 2 nitrogen and oxygen atoms in total. The third kappa shape index (κ3) is 1.96. The Labute approximate surface area is 132 Å². The summed E-state index contributed by atoms with van der Waals surface area (Å²) in [4.78, 5) is 2.47. The zero-order valence-corrected chi connectivity index (χ0v) is 15.2. The second-order valence-corrected chi connectivity index (χ2v) is 8.78. The smallest absolute Gasteiger partial charge is 0.149 e. The van der Waals surface area contributed by atoms with Crippen LogP contribution in [0.2, 0.25) is 0 Å². The van der Waals surface area contributed by atoms with Crippen molar-refractivity contribution in [1.29, 1.82) is 0 Å². The van der Waals surface area contributed by atoms with Crippen LogP contribution in [0.3, 0.4) is 0 Å². The summed E-state index contributed by atoms with van der Waals surface area (Å²) in [6.07, 6.45) is 3.66. The van der Waals surface area contributed by atoms with E-state index in [4.69, 9.17) is 9.47 Å². The maximum Gasteiger partial charge on any atom is 0.149 e. The molecular weight excluding hydrogens is 372 g/mol. The molecule has 1 aliphatic carbocycles. The van der Waals surface area contributed by atoms with Crippen LogP contribution in [0.25, 0.3) is 0 Å². The molecule has 1 unspecified atom stereocenters. The first-order chi connectivity index (χ1) is 8.74. The molecule has 3 aliphatic rings. The normalized spacial score (nSPS) is 53.8. The van der Waals surface area contributed by atoms with Crippen molar-refractivity contribution in [3.63, 3.8) is 0 Å². The largest absolute Gasteiger partial charge is 0.488 e. The standard InChI is InChI=1S/C15H22Br2O2/c1-13(2)9-7-11-15(4,19-11)12(8-16)18-14(9,3)6-5-10(13)17/h8-11H,5-7H2,1-4H3/b12-8+/t9?,10-,11+,14-,15+/m0/s1. The minimum Gasteiger partial charge on any atom is -0.488 e. The number of epoxide rings is 1. The molecule has 4 heteroatoms. The number of rotatable bonds is 0. The predicted octanol–water partition coefficient (Wildman–Crippen LogP) is 4.76. The van der Waals surface area contributed by atoms with Crippen molar-refractivity contribution in [2.45, 2.75) is 69.1 Å². The van der Waals surface area contributed by atoms with E-state index >= 15 is 0 Å². The number of hydrogen-bond donors (Lipinski definition) is 0. The van der Waals surface area contributed by atoms with Gasteiger partial charge < -0.3 is 9.47 Å². The molecule has 0 bridgehead atoms. The molecule has 0 aromatic rings. The van der Waals surface area contributed by atoms with Gasteiger partial charge >= 0.3 is 0 Å². The van der Waals surface area contributed by atoms with E-state index in [1.807, 2.05) is 4.99 Å². The van der Waals surface area contributed by atoms with Crippen molar-refractivity contribution in [2.24, 2.45) is 11.3 Å². The molecule has 2 heterocycles. The Balaban J connectivity index is 2.00. The number of hydrogen-bond acceptors (Lipinski definition) is 2. The molecule has 0 aromatic carbocycles. The second kappa shape index (κ2) is 4.23. The summed E-state index contributed by atoms with van der Waals surface area (Å²) >= 11 is 7.33. The lowest BCUT2D eigenvalue weighted by Crippen LogP contribution is -2.53. The van der Waals surface area contributed by atoms with E-state index in [1.54, 1.807) is 0 Å². The third-order valence-corrected chi connectivity index (χ3v) is 7.72. The summed E-state index contributed by atoms with van der Waals surface area (Å²) in [6.45, 7) is 9.15. The van der Waals surface area contributed by atoms with Crippen molar-refractivity contribution in [3.8, 4) is 0 Å². The maximum atomic E-state index is 6.46. The molecule has 0 spiro atoms. The molecule has 0 amide bonds. The number of ether oxygens (including phenoxy) is 2. The molecule has 1 saturated carbocycles. The molecule has 19 heavy (non-hydrogen) atoms. The van der Waals surface area contributed by atoms with E-state index < -0.39 is 0 Å². The summed E-state index contributed by atoms with van der Waals surface area (Å²) in [5.41, 5.74) is -0.0590. The highest BCUT2D eigenvalue weighted by Crippen LogP contribution is 2.60. The molecule has 0 radical (unpaired) electrons. The first kappa shape index (κ1) is 14.4. The topological polar surface area (TPSA) is 21.8 Å². The second-order valence-electron chi connectivity index (χ2n) is 7.22. The molecule has 3 fully saturated rings. The van der Waals surface area contributed by atoms with Gasteiger partial charge in [0.2, 0.25) is 0 Å². The summed E-state index contributed by atoms with van der Waals surface area (Å²) in [6, 6.07) is 0. The maximum absolute atomic E-state index is 6.46. The summed E-state index contributed by atoms with van der Waals surface area (Å²) in [5, 5.41) is 0. The Kier molecular flexibility index (Phi) is 3.21. The van der Waals surface area contributed by atoms with Gasteiger partial charge in [0.05, 0.1) is 6.10 Å². The van der Waals surface area contributed by atoms with Crippen LogP contribution in [0.4, 0.5) is 0 Å². The van der Waals surface area contributed by atoms with Crippen molar-refractivity contribution in [2.75, 3.05) is 0 Å². The lowest BCUT2D eigenvalue weighted by atomic mass is 9.60. The van der Waals surface area contributed by atoms with Gasteiger partial charge in [0, 0.05) is 15.7 Å². The number of fused-ring (bicyclic) bond motifs is 2. The van der Waals surface area contributed by atoms with Gasteiger partial charge in [0.25, 0.3) is 0 Å². The highest BCUT2D eigenvalue weighted by Gasteiger charge is 2.65. The van der Waals surface area contributed by atoms with E-state index in [-0.39, 0.29) is 16.6 Å². The Morgan fingerprint density at radius 1 is 1.26 bits per heavy atom. The summed E-state index contributed by atoms with van der Waals surface area (Å²) < 4.78 is 12.4. The zero-order chi connectivity index (χ0) is 14.1. The summed E-state index contributed by atoms with van der Waals surface area (Å²) in [7, 11) is 0. The van der Waals surface area contributed by atoms with Gasteiger partial charge in [-0.25, -0.2) is 0 Å². The van der Waals surface area contributed by atoms with E-state index in [0.29, 0.717) is 16.8 Å². The van der Waals surface area contributed by atoms with Crippen LogP contribution in [0.1, 0.15) is 47.0 Å². The van der Waals surface area contributed by atoms with Crippen LogP contribution >= 0.6 is 31.9 Å². The van der Waals surface area contributed by atoms with Crippen molar-refractivity contribution >= 4 is 31.9 Å². The van der Waals surface area contributed by atoms with Crippen LogP contribution in [0, 0.1) is 11.3 Å². The zero-order valence-electron chi connectivity index (χ0n) is 12.0. The average Bonchev–Trinajstić information content (AvgIpc) is 3.00. The van der Waals surface area contributed by atoms with Gasteiger partial charge in [-0.2, -0.15) is 0 Å². The van der Waals surface area contributed by atoms with Gasteiger partial charge in [-0.05, 0) is 38.5 Å². The van der Waals surface area contributed by atoms with Crippen LogP contribution in [-0.2, 0) is 9.47 Å². The van der Waals surface area contributed by atoms with E-state index in [9.17, 15) is 0 Å². The quantitative estimate of drug-likeness (QED) is 0.437. The monoisotopic (exact) mass is 392 g/mol. The van der Waals surface area contributed by atoms with Gasteiger partial charge in [-0.15, -0.1) is 0 Å². The molecular formula is C15H22Br2O2. The fourth-order valence-electron chi connectivity index (χ4n) is 4.09. The number of halogens is 2. The van der Waals surface area contributed by atoms with Gasteiger partial charge in [0.1, 0.15) is 17.0 Å². The molecule has 5 atom stereocenters. The van der Waals surface area contributed by atoms with E-state index in [2.05, 4.69) is 59.6 Å². The fraction of sp³-hybridized carbons (Fsp3) is 0.867. The Hall–Kier alpha value is 0.460. The van der Waals surface area contributed by atoms with Gasteiger partial charge in [0.15, 0.2) is 0 Å². The fourth-order valence-corrected chi connectivity index (χ4v) is 5.18. The average molecular weight is 394 g/mol. The highest BCUT2D eigenvalue weighted by atomic mass is 79.9. The van der Waals surface area contributed by atoms with E-state index in [0.717, 1.165) is 25.0 Å². The minimum absolute atomic E-state index is 0.0762. The Morgan fingerprint density at radius 2 is 1.95 bits per heavy atom. The molecule has 2 aliphatic heterocycles. The molecule has 0 aromatic heterocycles. The van der Waals surface area contributed by atoms with Crippen molar-refractivity contribution in [3.05, 3.63) is 10.7 Å². The van der Waals surface area contributed by atoms with Crippen molar-refractivity contribution < 1.29 is 9.47 Å². The van der Waals surface area contributed by atoms with Crippen LogP contribution < -0.4 is 0 Å². The summed E-state index contributed by atoms with van der Waals surface area (Å²) in [5.74, 6) is 1.47. The predicted molar refractivity (Wildman–Crippen MR) is 83.6 cm³/mol. The lowest BCUT2D eigenvalue weighted by Gasteiger charge is -2.52.